The molecule has 0 radical (unpaired) electrons. The molecule has 2 N–H and O–H groups in total. The van der Waals surface area contributed by atoms with Crippen molar-refractivity contribution < 1.29 is 5.11 Å². The molecule has 1 aliphatic carbocycles. The smallest absolute Gasteiger partial charge is 0.223 e. The minimum atomic E-state index is -0.236. The highest BCUT2D eigenvalue weighted by atomic mass is 16.3. The number of nitrogens with zero attached hydrogens (tertiary/aromatic N) is 2. The molecule has 1 aliphatic rings. The summed E-state index contributed by atoms with van der Waals surface area (Å²) in [5.41, 5.74) is 2.07. The molecule has 0 amide bonds. The number of aromatic nitrogens is 2. The molecule has 1 fully saturated rings. The summed E-state index contributed by atoms with van der Waals surface area (Å²) in [5.74, 6) is 0.622. The number of hydrogen-bond acceptors (Lipinski definition) is 4. The van der Waals surface area contributed by atoms with Gasteiger partial charge in [-0.2, -0.15) is 0 Å². The van der Waals surface area contributed by atoms with Crippen LogP contribution in [0.4, 0.5) is 5.95 Å². The summed E-state index contributed by atoms with van der Waals surface area (Å²) in [4.78, 5) is 8.46. The molecule has 4 nitrogen and oxygen atoms in total. The standard InChI is InChI=1S/C10H15N3O/c1-6-5-11-10(12-7(6)2)13-8-3-4-9(8)14/h5,8-9,14H,3-4H2,1-2H3,(H,11,12,13)/t8-,9-/m1/s1. The van der Waals surface area contributed by atoms with Crippen molar-refractivity contribution in [1.82, 2.24) is 9.97 Å². The van der Waals surface area contributed by atoms with Crippen LogP contribution in [0, 0.1) is 13.8 Å². The third kappa shape index (κ3) is 1.70. The minimum Gasteiger partial charge on any atom is -0.391 e. The molecule has 0 bridgehead atoms. The molecular formula is C10H15N3O. The van der Waals surface area contributed by atoms with E-state index in [9.17, 15) is 5.11 Å². The van der Waals surface area contributed by atoms with Crippen molar-refractivity contribution in [2.24, 2.45) is 0 Å². The van der Waals surface area contributed by atoms with Crippen LogP contribution in [-0.2, 0) is 0 Å². The van der Waals surface area contributed by atoms with E-state index in [-0.39, 0.29) is 12.1 Å². The first-order chi connectivity index (χ1) is 6.66. The predicted molar refractivity (Wildman–Crippen MR) is 54.2 cm³/mol. The molecule has 0 aliphatic heterocycles. The van der Waals surface area contributed by atoms with Gasteiger partial charge in [-0.15, -0.1) is 0 Å². The largest absolute Gasteiger partial charge is 0.391 e. The topological polar surface area (TPSA) is 58.0 Å². The summed E-state index contributed by atoms with van der Waals surface area (Å²) in [7, 11) is 0. The number of aliphatic hydroxyl groups excluding tert-OH is 1. The molecule has 1 aromatic rings. The zero-order valence-corrected chi connectivity index (χ0v) is 8.49. The van der Waals surface area contributed by atoms with Gasteiger partial charge < -0.3 is 10.4 Å². The minimum absolute atomic E-state index is 0.136. The molecule has 1 heterocycles. The van der Waals surface area contributed by atoms with Gasteiger partial charge in [-0.1, -0.05) is 0 Å². The normalized spacial score (nSPS) is 25.6. The molecular weight excluding hydrogens is 178 g/mol. The van der Waals surface area contributed by atoms with E-state index < -0.39 is 0 Å². The SMILES string of the molecule is Cc1cnc(N[C@@H]2CC[C@H]2O)nc1C. The number of aryl methyl sites for hydroxylation is 2. The van der Waals surface area contributed by atoms with Gasteiger partial charge in [-0.05, 0) is 32.3 Å². The Balaban J connectivity index is 2.06. The molecule has 2 atom stereocenters. The summed E-state index contributed by atoms with van der Waals surface area (Å²) < 4.78 is 0. The Morgan fingerprint density at radius 1 is 1.43 bits per heavy atom. The van der Waals surface area contributed by atoms with Gasteiger partial charge in [0.15, 0.2) is 0 Å². The highest BCUT2D eigenvalue weighted by molar-refractivity contribution is 5.31. The lowest BCUT2D eigenvalue weighted by Gasteiger charge is -2.32. The third-order valence-electron chi connectivity index (χ3n) is 2.78. The van der Waals surface area contributed by atoms with Crippen LogP contribution < -0.4 is 5.32 Å². The van der Waals surface area contributed by atoms with Crippen LogP contribution in [0.25, 0.3) is 0 Å². The van der Waals surface area contributed by atoms with Crippen molar-refractivity contribution in [3.8, 4) is 0 Å². The summed E-state index contributed by atoms with van der Waals surface area (Å²) in [5, 5.41) is 12.5. The average Bonchev–Trinajstić information content (AvgIpc) is 2.17. The summed E-state index contributed by atoms with van der Waals surface area (Å²) in [6.07, 6.45) is 3.44. The first-order valence-electron chi connectivity index (χ1n) is 4.91. The third-order valence-corrected chi connectivity index (χ3v) is 2.78. The molecule has 0 saturated heterocycles. The van der Waals surface area contributed by atoms with E-state index in [0.29, 0.717) is 5.95 Å². The van der Waals surface area contributed by atoms with Crippen LogP contribution in [0.3, 0.4) is 0 Å². The monoisotopic (exact) mass is 193 g/mol. The fraction of sp³-hybridized carbons (Fsp3) is 0.600. The zero-order valence-electron chi connectivity index (χ0n) is 8.49. The Morgan fingerprint density at radius 3 is 2.71 bits per heavy atom. The average molecular weight is 193 g/mol. The van der Waals surface area contributed by atoms with E-state index >= 15 is 0 Å². The van der Waals surface area contributed by atoms with Crippen LogP contribution in [-0.4, -0.2) is 27.2 Å². The molecule has 1 aromatic heterocycles. The first kappa shape index (κ1) is 9.40. The summed E-state index contributed by atoms with van der Waals surface area (Å²) >= 11 is 0. The van der Waals surface area contributed by atoms with Gasteiger partial charge in [0.2, 0.25) is 5.95 Å². The maximum absolute atomic E-state index is 9.37. The number of hydrogen-bond donors (Lipinski definition) is 2. The van der Waals surface area contributed by atoms with E-state index in [1.807, 2.05) is 13.8 Å². The summed E-state index contributed by atoms with van der Waals surface area (Å²) in [6.45, 7) is 3.94. The van der Waals surface area contributed by atoms with Crippen molar-refractivity contribution >= 4 is 5.95 Å². The van der Waals surface area contributed by atoms with Crippen LogP contribution in [0.1, 0.15) is 24.1 Å². The Hall–Kier alpha value is -1.16. The quantitative estimate of drug-likeness (QED) is 0.736. The van der Waals surface area contributed by atoms with Crippen molar-refractivity contribution in [2.45, 2.75) is 38.8 Å². The number of aliphatic hydroxyl groups is 1. The lowest BCUT2D eigenvalue weighted by atomic mass is 9.89. The molecule has 0 aromatic carbocycles. The van der Waals surface area contributed by atoms with Crippen LogP contribution >= 0.6 is 0 Å². The van der Waals surface area contributed by atoms with Gasteiger partial charge in [0.25, 0.3) is 0 Å². The summed E-state index contributed by atoms with van der Waals surface area (Å²) in [6, 6.07) is 0.136. The Morgan fingerprint density at radius 2 is 2.21 bits per heavy atom. The second-order valence-corrected chi connectivity index (χ2v) is 3.86. The van der Waals surface area contributed by atoms with Gasteiger partial charge in [0.05, 0.1) is 12.1 Å². The van der Waals surface area contributed by atoms with Crippen molar-refractivity contribution in [3.63, 3.8) is 0 Å². The van der Waals surface area contributed by atoms with Gasteiger partial charge in [-0.25, -0.2) is 9.97 Å². The Kier molecular flexibility index (Phi) is 2.37. The predicted octanol–water partition coefficient (Wildman–Crippen LogP) is 1.03. The van der Waals surface area contributed by atoms with E-state index in [1.165, 1.54) is 0 Å². The van der Waals surface area contributed by atoms with Gasteiger partial charge in [-0.3, -0.25) is 0 Å². The van der Waals surface area contributed by atoms with E-state index in [1.54, 1.807) is 6.20 Å². The van der Waals surface area contributed by atoms with Crippen molar-refractivity contribution in [2.75, 3.05) is 5.32 Å². The fourth-order valence-corrected chi connectivity index (χ4v) is 1.41. The van der Waals surface area contributed by atoms with E-state index in [4.69, 9.17) is 0 Å². The molecule has 2 rings (SSSR count). The molecule has 1 saturated carbocycles. The van der Waals surface area contributed by atoms with Gasteiger partial charge >= 0.3 is 0 Å². The molecule has 4 heteroatoms. The zero-order chi connectivity index (χ0) is 10.1. The highest BCUT2D eigenvalue weighted by Gasteiger charge is 2.29. The van der Waals surface area contributed by atoms with Crippen LogP contribution in [0.5, 0.6) is 0 Å². The lowest BCUT2D eigenvalue weighted by molar-refractivity contribution is 0.0782. The second-order valence-electron chi connectivity index (χ2n) is 3.86. The van der Waals surface area contributed by atoms with Crippen LogP contribution in [0.2, 0.25) is 0 Å². The van der Waals surface area contributed by atoms with Crippen LogP contribution in [0.15, 0.2) is 6.20 Å². The maximum atomic E-state index is 9.37. The lowest BCUT2D eigenvalue weighted by Crippen LogP contribution is -2.43. The van der Waals surface area contributed by atoms with E-state index in [0.717, 1.165) is 24.1 Å². The Labute approximate surface area is 83.4 Å². The number of anilines is 1. The molecule has 76 valence electrons. The Bertz CT molecular complexity index is 340. The second kappa shape index (κ2) is 3.53. The number of rotatable bonds is 2. The van der Waals surface area contributed by atoms with E-state index in [2.05, 4.69) is 15.3 Å². The van der Waals surface area contributed by atoms with Gasteiger partial charge in [0.1, 0.15) is 0 Å². The van der Waals surface area contributed by atoms with Crippen molar-refractivity contribution in [3.05, 3.63) is 17.5 Å². The van der Waals surface area contributed by atoms with Gasteiger partial charge in [0, 0.05) is 11.9 Å². The van der Waals surface area contributed by atoms with Crippen molar-refractivity contribution in [1.29, 1.82) is 0 Å². The number of nitrogens with one attached hydrogen (secondary N) is 1. The maximum Gasteiger partial charge on any atom is 0.223 e. The fourth-order valence-electron chi connectivity index (χ4n) is 1.41. The molecule has 0 unspecified atom stereocenters. The first-order valence-corrected chi connectivity index (χ1v) is 4.91. The highest BCUT2D eigenvalue weighted by Crippen LogP contribution is 2.22. The molecule has 14 heavy (non-hydrogen) atoms. The molecule has 0 spiro atoms.